The summed E-state index contributed by atoms with van der Waals surface area (Å²) in [6.07, 6.45) is 3.96. The number of nitrogens with zero attached hydrogens (tertiary/aromatic N) is 1. The van der Waals surface area contributed by atoms with Crippen LogP contribution in [-0.2, 0) is 0 Å². The van der Waals surface area contributed by atoms with Gasteiger partial charge in [0.1, 0.15) is 5.75 Å². The molecule has 1 aromatic rings. The molecule has 20 heavy (non-hydrogen) atoms. The fourth-order valence-electron chi connectivity index (χ4n) is 2.73. The zero-order valence-electron chi connectivity index (χ0n) is 12.3. The van der Waals surface area contributed by atoms with Crippen molar-refractivity contribution in [1.82, 2.24) is 4.90 Å². The SMILES string of the molecule is CC(C)Oc1ccc(C(C(N)=S)N2CCCCC2)cc1. The molecule has 1 saturated heterocycles. The number of nitrogens with two attached hydrogens (primary N) is 1. The normalized spacial score (nSPS) is 17.9. The maximum absolute atomic E-state index is 5.98. The van der Waals surface area contributed by atoms with Crippen molar-refractivity contribution < 1.29 is 4.74 Å². The van der Waals surface area contributed by atoms with Crippen molar-refractivity contribution >= 4 is 17.2 Å². The predicted octanol–water partition coefficient (Wildman–Crippen LogP) is 3.29. The minimum atomic E-state index is 0.0541. The van der Waals surface area contributed by atoms with Crippen molar-refractivity contribution in [2.75, 3.05) is 13.1 Å². The summed E-state index contributed by atoms with van der Waals surface area (Å²) in [7, 11) is 0. The second-order valence-electron chi connectivity index (χ2n) is 5.64. The number of piperidine rings is 1. The maximum atomic E-state index is 5.98. The quantitative estimate of drug-likeness (QED) is 0.845. The monoisotopic (exact) mass is 292 g/mol. The molecule has 3 nitrogen and oxygen atoms in total. The van der Waals surface area contributed by atoms with Crippen molar-refractivity contribution in [2.24, 2.45) is 5.73 Å². The molecule has 0 saturated carbocycles. The largest absolute Gasteiger partial charge is 0.491 e. The van der Waals surface area contributed by atoms with E-state index in [2.05, 4.69) is 17.0 Å². The Bertz CT molecular complexity index is 438. The van der Waals surface area contributed by atoms with Gasteiger partial charge in [-0.05, 0) is 57.5 Å². The third kappa shape index (κ3) is 3.93. The van der Waals surface area contributed by atoms with Gasteiger partial charge in [0.05, 0.1) is 17.1 Å². The molecule has 0 amide bonds. The maximum Gasteiger partial charge on any atom is 0.119 e. The van der Waals surface area contributed by atoms with Crippen LogP contribution >= 0.6 is 12.2 Å². The van der Waals surface area contributed by atoms with Gasteiger partial charge in [-0.1, -0.05) is 30.8 Å². The predicted molar refractivity (Wildman–Crippen MR) is 87.2 cm³/mol. The molecule has 1 heterocycles. The molecule has 2 rings (SSSR count). The molecule has 1 unspecified atom stereocenters. The van der Waals surface area contributed by atoms with Gasteiger partial charge in [0.2, 0.25) is 0 Å². The van der Waals surface area contributed by atoms with Crippen molar-refractivity contribution in [3.8, 4) is 5.75 Å². The standard InChI is InChI=1S/C16H24N2OS/c1-12(2)19-14-8-6-13(7-9-14)15(16(17)20)18-10-4-3-5-11-18/h6-9,12,15H,3-5,10-11H2,1-2H3,(H2,17,20). The van der Waals surface area contributed by atoms with Gasteiger partial charge in [-0.25, -0.2) is 0 Å². The van der Waals surface area contributed by atoms with Gasteiger partial charge in [-0.15, -0.1) is 0 Å². The van der Waals surface area contributed by atoms with Crippen molar-refractivity contribution in [3.63, 3.8) is 0 Å². The van der Waals surface area contributed by atoms with Gasteiger partial charge in [0.15, 0.2) is 0 Å². The highest BCUT2D eigenvalue weighted by molar-refractivity contribution is 7.80. The molecule has 2 N–H and O–H groups in total. The second kappa shape index (κ2) is 7.04. The molecule has 0 aliphatic carbocycles. The number of hydrogen-bond acceptors (Lipinski definition) is 3. The Morgan fingerprint density at radius 3 is 2.25 bits per heavy atom. The lowest BCUT2D eigenvalue weighted by Crippen LogP contribution is -2.40. The molecule has 0 spiro atoms. The molecule has 110 valence electrons. The first kappa shape index (κ1) is 15.3. The van der Waals surface area contributed by atoms with E-state index in [0.29, 0.717) is 4.99 Å². The van der Waals surface area contributed by atoms with E-state index >= 15 is 0 Å². The summed E-state index contributed by atoms with van der Waals surface area (Å²) in [5, 5.41) is 0. The molecule has 0 radical (unpaired) electrons. The van der Waals surface area contributed by atoms with Crippen LogP contribution < -0.4 is 10.5 Å². The minimum absolute atomic E-state index is 0.0541. The van der Waals surface area contributed by atoms with Gasteiger partial charge in [0.25, 0.3) is 0 Å². The van der Waals surface area contributed by atoms with Gasteiger partial charge >= 0.3 is 0 Å². The highest BCUT2D eigenvalue weighted by Crippen LogP contribution is 2.26. The molecule has 0 aromatic heterocycles. The lowest BCUT2D eigenvalue weighted by molar-refractivity contribution is 0.203. The van der Waals surface area contributed by atoms with Crippen LogP contribution in [0.5, 0.6) is 5.75 Å². The highest BCUT2D eigenvalue weighted by Gasteiger charge is 2.24. The van der Waals surface area contributed by atoms with Gasteiger partial charge in [-0.3, -0.25) is 4.90 Å². The molecule has 1 aliphatic heterocycles. The van der Waals surface area contributed by atoms with Crippen LogP contribution in [0, 0.1) is 0 Å². The van der Waals surface area contributed by atoms with Crippen LogP contribution in [-0.4, -0.2) is 29.1 Å². The second-order valence-corrected chi connectivity index (χ2v) is 6.11. The van der Waals surface area contributed by atoms with E-state index in [1.54, 1.807) is 0 Å². The average Bonchev–Trinajstić information content (AvgIpc) is 2.41. The molecule has 1 fully saturated rings. The van der Waals surface area contributed by atoms with Crippen LogP contribution in [0.4, 0.5) is 0 Å². The number of benzene rings is 1. The number of likely N-dealkylation sites (tertiary alicyclic amines) is 1. The lowest BCUT2D eigenvalue weighted by Gasteiger charge is -2.34. The summed E-state index contributed by atoms with van der Waals surface area (Å²) in [6.45, 7) is 6.21. The van der Waals surface area contributed by atoms with Crippen LogP contribution in [0.25, 0.3) is 0 Å². The molecule has 1 aliphatic rings. The first-order valence-electron chi connectivity index (χ1n) is 7.38. The lowest BCUT2D eigenvalue weighted by atomic mass is 10.0. The molecule has 0 bridgehead atoms. The summed E-state index contributed by atoms with van der Waals surface area (Å²) >= 11 is 5.29. The van der Waals surface area contributed by atoms with E-state index in [-0.39, 0.29) is 12.1 Å². The van der Waals surface area contributed by atoms with Crippen molar-refractivity contribution in [3.05, 3.63) is 29.8 Å². The Labute approximate surface area is 127 Å². The van der Waals surface area contributed by atoms with Crippen LogP contribution in [0.1, 0.15) is 44.7 Å². The zero-order valence-corrected chi connectivity index (χ0v) is 13.2. The summed E-state index contributed by atoms with van der Waals surface area (Å²) < 4.78 is 5.68. The first-order valence-corrected chi connectivity index (χ1v) is 7.78. The Kier molecular flexibility index (Phi) is 5.38. The Balaban J connectivity index is 2.14. The topological polar surface area (TPSA) is 38.5 Å². The summed E-state index contributed by atoms with van der Waals surface area (Å²) in [5.74, 6) is 0.893. The number of rotatable bonds is 5. The van der Waals surface area contributed by atoms with Gasteiger partial charge < -0.3 is 10.5 Å². The van der Waals surface area contributed by atoms with E-state index < -0.39 is 0 Å². The van der Waals surface area contributed by atoms with Crippen molar-refractivity contribution in [1.29, 1.82) is 0 Å². The Morgan fingerprint density at radius 2 is 1.75 bits per heavy atom. The smallest absolute Gasteiger partial charge is 0.119 e. The number of hydrogen-bond donors (Lipinski definition) is 1. The van der Waals surface area contributed by atoms with Crippen LogP contribution in [0.2, 0.25) is 0 Å². The third-order valence-corrected chi connectivity index (χ3v) is 3.82. The van der Waals surface area contributed by atoms with E-state index in [0.717, 1.165) is 24.4 Å². The van der Waals surface area contributed by atoms with Crippen LogP contribution in [0.3, 0.4) is 0 Å². The van der Waals surface area contributed by atoms with E-state index in [1.165, 1.54) is 19.3 Å². The van der Waals surface area contributed by atoms with E-state index in [1.807, 2.05) is 26.0 Å². The molecule has 1 aromatic carbocycles. The fourth-order valence-corrected chi connectivity index (χ4v) is 3.02. The third-order valence-electron chi connectivity index (χ3n) is 3.59. The van der Waals surface area contributed by atoms with Crippen LogP contribution in [0.15, 0.2) is 24.3 Å². The Hall–Kier alpha value is -1.13. The minimum Gasteiger partial charge on any atom is -0.491 e. The summed E-state index contributed by atoms with van der Waals surface area (Å²) in [6, 6.07) is 8.22. The average molecular weight is 292 g/mol. The van der Waals surface area contributed by atoms with E-state index in [9.17, 15) is 0 Å². The molecular formula is C16H24N2OS. The molecule has 1 atom stereocenters. The highest BCUT2D eigenvalue weighted by atomic mass is 32.1. The fraction of sp³-hybridized carbons (Fsp3) is 0.562. The first-order chi connectivity index (χ1) is 9.58. The van der Waals surface area contributed by atoms with Gasteiger partial charge in [-0.2, -0.15) is 0 Å². The summed E-state index contributed by atoms with van der Waals surface area (Å²) in [5.41, 5.74) is 7.14. The zero-order chi connectivity index (χ0) is 14.5. The number of ether oxygens (including phenoxy) is 1. The number of thiocarbonyl (C=S) groups is 1. The summed E-state index contributed by atoms with van der Waals surface area (Å²) in [4.78, 5) is 2.95. The van der Waals surface area contributed by atoms with E-state index in [4.69, 9.17) is 22.7 Å². The van der Waals surface area contributed by atoms with Crippen molar-refractivity contribution in [2.45, 2.75) is 45.3 Å². The molecular weight excluding hydrogens is 268 g/mol. The molecule has 4 heteroatoms. The van der Waals surface area contributed by atoms with Gasteiger partial charge in [0, 0.05) is 0 Å². The Morgan fingerprint density at radius 1 is 1.15 bits per heavy atom.